The molecule has 0 aliphatic heterocycles. The summed E-state index contributed by atoms with van der Waals surface area (Å²) in [5.41, 5.74) is 4.98. The Hall–Kier alpha value is -2.82. The number of aromatic nitrogens is 3. The first-order chi connectivity index (χ1) is 12.8. The van der Waals surface area contributed by atoms with Gasteiger partial charge in [0, 0.05) is 12.8 Å². The van der Waals surface area contributed by atoms with Crippen LogP contribution in [-0.2, 0) is 11.2 Å². The number of hydrogen-bond donors (Lipinski definition) is 1. The fourth-order valence-electron chi connectivity index (χ4n) is 2.95. The Morgan fingerprint density at radius 1 is 1.11 bits per heavy atom. The van der Waals surface area contributed by atoms with Crippen molar-refractivity contribution in [2.24, 2.45) is 5.41 Å². The number of ether oxygens (including phenoxy) is 1. The lowest BCUT2D eigenvalue weighted by molar-refractivity contribution is 0.216. The minimum Gasteiger partial charge on any atom is -0.509 e. The number of aliphatic hydroxyl groups is 1. The molecule has 1 aromatic heterocycles. The summed E-state index contributed by atoms with van der Waals surface area (Å²) in [5.74, 6) is 0.270. The lowest BCUT2D eigenvalue weighted by Crippen LogP contribution is -2.07. The van der Waals surface area contributed by atoms with Crippen molar-refractivity contribution < 1.29 is 9.84 Å². The second-order valence-corrected chi connectivity index (χ2v) is 8.08. The molecule has 0 amide bonds. The minimum atomic E-state index is 0.0296. The smallest absolute Gasteiger partial charge is 0.127 e. The zero-order chi connectivity index (χ0) is 19.4. The van der Waals surface area contributed by atoms with Crippen LogP contribution in [0.25, 0.3) is 16.7 Å². The van der Waals surface area contributed by atoms with E-state index in [-0.39, 0.29) is 11.2 Å². The molecule has 1 heterocycles. The van der Waals surface area contributed by atoms with Gasteiger partial charge in [-0.2, -0.15) is 4.80 Å². The van der Waals surface area contributed by atoms with Crippen LogP contribution in [0.1, 0.15) is 38.3 Å². The van der Waals surface area contributed by atoms with Gasteiger partial charge in [0.05, 0.1) is 12.3 Å². The van der Waals surface area contributed by atoms with Gasteiger partial charge < -0.3 is 9.84 Å². The Morgan fingerprint density at radius 2 is 1.78 bits per heavy atom. The first kappa shape index (κ1) is 19.0. The fourth-order valence-corrected chi connectivity index (χ4v) is 2.95. The van der Waals surface area contributed by atoms with E-state index in [1.165, 1.54) is 6.26 Å². The van der Waals surface area contributed by atoms with E-state index in [0.717, 1.165) is 27.8 Å². The maximum atomic E-state index is 9.94. The summed E-state index contributed by atoms with van der Waals surface area (Å²) >= 11 is 0. The molecule has 0 bridgehead atoms. The summed E-state index contributed by atoms with van der Waals surface area (Å²) in [6.45, 7) is 8.77. The number of fused-ring (bicyclic) bond motifs is 1. The van der Waals surface area contributed by atoms with Gasteiger partial charge in [-0.1, -0.05) is 45.0 Å². The Balaban J connectivity index is 1.74. The van der Waals surface area contributed by atoms with Crippen LogP contribution in [-0.4, -0.2) is 26.7 Å². The van der Waals surface area contributed by atoms with Gasteiger partial charge in [0.2, 0.25) is 0 Å². The maximum Gasteiger partial charge on any atom is 0.127 e. The topological polar surface area (TPSA) is 60.2 Å². The average Bonchev–Trinajstić information content (AvgIpc) is 3.02. The maximum absolute atomic E-state index is 9.94. The molecular weight excluding hydrogens is 338 g/mol. The molecule has 3 aromatic rings. The van der Waals surface area contributed by atoms with Crippen molar-refractivity contribution in [3.63, 3.8) is 0 Å². The van der Waals surface area contributed by atoms with Crippen LogP contribution in [0.5, 0.6) is 0 Å². The standard InChI is InChI=1S/C22H27N3O2/c1-16-9-10-17(11-12-27-15-18(26)14-22(2,3)4)21(13-16)25-23-19-7-5-6-8-20(19)24-25/h5-10,13,15,26H,11-12,14H2,1-4H3. The second-order valence-electron chi connectivity index (χ2n) is 8.08. The molecule has 0 radical (unpaired) electrons. The highest BCUT2D eigenvalue weighted by Crippen LogP contribution is 2.22. The fraction of sp³-hybridized carbons (Fsp3) is 0.364. The van der Waals surface area contributed by atoms with Crippen LogP contribution in [0.15, 0.2) is 54.5 Å². The van der Waals surface area contributed by atoms with E-state index in [9.17, 15) is 5.11 Å². The summed E-state index contributed by atoms with van der Waals surface area (Å²) in [6, 6.07) is 14.1. The molecule has 0 fully saturated rings. The zero-order valence-corrected chi connectivity index (χ0v) is 16.4. The SMILES string of the molecule is Cc1ccc(CCOC=C(O)CC(C)(C)C)c(-n2nc3ccccc3n2)c1. The summed E-state index contributed by atoms with van der Waals surface area (Å²) in [6.07, 6.45) is 2.75. The Labute approximate surface area is 160 Å². The van der Waals surface area contributed by atoms with Crippen LogP contribution >= 0.6 is 0 Å². The molecule has 0 aliphatic rings. The van der Waals surface area contributed by atoms with Gasteiger partial charge in [-0.3, -0.25) is 0 Å². The molecule has 5 nitrogen and oxygen atoms in total. The van der Waals surface area contributed by atoms with Gasteiger partial charge in [-0.25, -0.2) is 0 Å². The van der Waals surface area contributed by atoms with Crippen molar-refractivity contribution >= 4 is 11.0 Å². The van der Waals surface area contributed by atoms with E-state index >= 15 is 0 Å². The molecule has 0 saturated carbocycles. The third-order valence-corrected chi connectivity index (χ3v) is 4.16. The number of rotatable bonds is 6. The van der Waals surface area contributed by atoms with Crippen LogP contribution in [0.4, 0.5) is 0 Å². The molecule has 1 N–H and O–H groups in total. The van der Waals surface area contributed by atoms with Crippen LogP contribution in [0, 0.1) is 12.3 Å². The minimum absolute atomic E-state index is 0.0296. The molecule has 5 heteroatoms. The monoisotopic (exact) mass is 365 g/mol. The van der Waals surface area contributed by atoms with Crippen LogP contribution < -0.4 is 0 Å². The van der Waals surface area contributed by atoms with E-state index < -0.39 is 0 Å². The average molecular weight is 365 g/mol. The Bertz CT molecular complexity index is 919. The molecule has 0 aliphatic carbocycles. The summed E-state index contributed by atoms with van der Waals surface area (Å²) < 4.78 is 5.56. The largest absolute Gasteiger partial charge is 0.509 e. The van der Waals surface area contributed by atoms with E-state index in [2.05, 4.69) is 56.1 Å². The molecule has 0 spiro atoms. The van der Waals surface area contributed by atoms with Crippen molar-refractivity contribution in [2.45, 2.75) is 40.5 Å². The van der Waals surface area contributed by atoms with E-state index in [1.54, 1.807) is 4.80 Å². The Morgan fingerprint density at radius 3 is 2.41 bits per heavy atom. The number of benzene rings is 2. The highest BCUT2D eigenvalue weighted by Gasteiger charge is 2.13. The first-order valence-corrected chi connectivity index (χ1v) is 9.23. The highest BCUT2D eigenvalue weighted by atomic mass is 16.5. The van der Waals surface area contributed by atoms with Gasteiger partial charge >= 0.3 is 0 Å². The molecule has 3 rings (SSSR count). The molecule has 27 heavy (non-hydrogen) atoms. The number of allylic oxidation sites excluding steroid dienone is 1. The van der Waals surface area contributed by atoms with Crippen LogP contribution in [0.3, 0.4) is 0 Å². The van der Waals surface area contributed by atoms with Crippen molar-refractivity contribution in [2.75, 3.05) is 6.61 Å². The lowest BCUT2D eigenvalue weighted by Gasteiger charge is -2.16. The van der Waals surface area contributed by atoms with Gasteiger partial charge in [0.25, 0.3) is 0 Å². The van der Waals surface area contributed by atoms with Crippen molar-refractivity contribution in [3.05, 3.63) is 65.6 Å². The van der Waals surface area contributed by atoms with Crippen molar-refractivity contribution in [1.29, 1.82) is 0 Å². The molecule has 2 aromatic carbocycles. The van der Waals surface area contributed by atoms with Crippen molar-refractivity contribution in [1.82, 2.24) is 15.0 Å². The first-order valence-electron chi connectivity index (χ1n) is 9.23. The van der Waals surface area contributed by atoms with E-state index in [1.807, 2.05) is 24.3 Å². The van der Waals surface area contributed by atoms with Gasteiger partial charge in [0.1, 0.15) is 23.1 Å². The number of nitrogens with zero attached hydrogens (tertiary/aromatic N) is 3. The van der Waals surface area contributed by atoms with E-state index in [0.29, 0.717) is 19.4 Å². The normalized spacial score (nSPS) is 12.5. The van der Waals surface area contributed by atoms with Crippen LogP contribution in [0.2, 0.25) is 0 Å². The number of aryl methyl sites for hydroxylation is 1. The van der Waals surface area contributed by atoms with Gasteiger partial charge in [-0.05, 0) is 41.7 Å². The highest BCUT2D eigenvalue weighted by molar-refractivity contribution is 5.73. The second kappa shape index (κ2) is 7.82. The van der Waals surface area contributed by atoms with Crippen molar-refractivity contribution in [3.8, 4) is 5.69 Å². The predicted octanol–water partition coefficient (Wildman–Crippen LogP) is 5.12. The van der Waals surface area contributed by atoms with Gasteiger partial charge in [0.15, 0.2) is 0 Å². The molecule has 0 atom stereocenters. The molecular formula is C22H27N3O2. The third kappa shape index (κ3) is 5.09. The Kier molecular flexibility index (Phi) is 5.49. The number of hydrogen-bond acceptors (Lipinski definition) is 4. The summed E-state index contributed by atoms with van der Waals surface area (Å²) in [4.78, 5) is 1.69. The summed E-state index contributed by atoms with van der Waals surface area (Å²) in [5, 5.41) is 19.1. The van der Waals surface area contributed by atoms with E-state index in [4.69, 9.17) is 4.74 Å². The molecule has 0 saturated heterocycles. The summed E-state index contributed by atoms with van der Waals surface area (Å²) in [7, 11) is 0. The lowest BCUT2D eigenvalue weighted by atomic mass is 9.92. The quantitative estimate of drug-likeness (QED) is 0.486. The molecule has 0 unspecified atom stereocenters. The third-order valence-electron chi connectivity index (χ3n) is 4.16. The predicted molar refractivity (Wildman–Crippen MR) is 108 cm³/mol. The molecule has 142 valence electrons. The number of aliphatic hydroxyl groups excluding tert-OH is 1. The van der Waals surface area contributed by atoms with Gasteiger partial charge in [-0.15, -0.1) is 10.2 Å². The zero-order valence-electron chi connectivity index (χ0n) is 16.4.